The average molecular weight is 384 g/mol. The second-order valence-corrected chi connectivity index (χ2v) is 9.67. The minimum atomic E-state index is -3.16. The lowest BCUT2D eigenvalue weighted by Gasteiger charge is -2.33. The molecule has 5 nitrogen and oxygen atoms in total. The van der Waals surface area contributed by atoms with Crippen LogP contribution in [0.1, 0.15) is 24.0 Å². The minimum absolute atomic E-state index is 0.405. The Labute approximate surface area is 160 Å². The van der Waals surface area contributed by atoms with Crippen LogP contribution in [0.2, 0.25) is 0 Å². The molecule has 3 aromatic rings. The van der Waals surface area contributed by atoms with E-state index in [-0.39, 0.29) is 0 Å². The van der Waals surface area contributed by atoms with E-state index in [0.29, 0.717) is 10.8 Å². The molecule has 2 aromatic carbocycles. The molecule has 0 bridgehead atoms. The quantitative estimate of drug-likeness (QED) is 0.733. The molecule has 0 saturated carbocycles. The van der Waals surface area contributed by atoms with Crippen molar-refractivity contribution in [2.45, 2.75) is 30.7 Å². The molecule has 1 aliphatic heterocycles. The highest BCUT2D eigenvalue weighted by Crippen LogP contribution is 2.24. The molecule has 0 radical (unpaired) electrons. The fraction of sp³-hybridized carbons (Fsp3) is 0.381. The number of hydrogen-bond acceptors (Lipinski definition) is 4. The zero-order valence-electron chi connectivity index (χ0n) is 15.6. The maximum atomic E-state index is 11.8. The van der Waals surface area contributed by atoms with Gasteiger partial charge in [0.25, 0.3) is 0 Å². The van der Waals surface area contributed by atoms with E-state index in [0.717, 1.165) is 42.5 Å². The van der Waals surface area contributed by atoms with Crippen molar-refractivity contribution in [2.24, 2.45) is 5.92 Å². The molecule has 1 unspecified atom stereocenters. The number of fused-ring (bicyclic) bond motifs is 1. The Balaban J connectivity index is 1.42. The van der Waals surface area contributed by atoms with Gasteiger partial charge in [0.2, 0.25) is 0 Å². The number of nitrogens with one attached hydrogen (secondary N) is 1. The third-order valence-corrected chi connectivity index (χ3v) is 6.48. The molecule has 4 rings (SSSR count). The van der Waals surface area contributed by atoms with Crippen LogP contribution in [-0.2, 0) is 22.8 Å². The van der Waals surface area contributed by atoms with Gasteiger partial charge >= 0.3 is 0 Å². The zero-order valence-corrected chi connectivity index (χ0v) is 16.4. The van der Waals surface area contributed by atoms with Crippen molar-refractivity contribution < 1.29 is 8.42 Å². The number of sulfone groups is 1. The van der Waals surface area contributed by atoms with Crippen molar-refractivity contribution in [3.05, 3.63) is 59.8 Å². The maximum absolute atomic E-state index is 11.8. The predicted octanol–water partition coefficient (Wildman–Crippen LogP) is 3.42. The molecule has 6 heteroatoms. The third kappa shape index (κ3) is 4.39. The zero-order chi connectivity index (χ0) is 18.9. The first-order chi connectivity index (χ1) is 13.0. The van der Waals surface area contributed by atoms with Crippen molar-refractivity contribution in [1.29, 1.82) is 0 Å². The predicted molar refractivity (Wildman–Crippen MR) is 107 cm³/mol. The second-order valence-electron chi connectivity index (χ2n) is 7.66. The standard InChI is InChI=1S/C21H25N3O2S/c1-27(25,26)20-6-2-4-18(12-20)15-24-9-3-5-17(14-24)10-16-7-8-21-19(11-16)13-22-23-21/h2,4,6-8,11-13,17H,3,5,9-10,14-15H2,1H3,(H,22,23). The van der Waals surface area contributed by atoms with Crippen LogP contribution in [0.25, 0.3) is 10.9 Å². The second kappa shape index (κ2) is 7.44. The number of rotatable bonds is 5. The van der Waals surface area contributed by atoms with Gasteiger partial charge in [0, 0.05) is 24.7 Å². The molecule has 1 aromatic heterocycles. The lowest BCUT2D eigenvalue weighted by molar-refractivity contribution is 0.167. The Hall–Kier alpha value is -2.18. The summed E-state index contributed by atoms with van der Waals surface area (Å²) in [5.41, 5.74) is 3.50. The monoisotopic (exact) mass is 383 g/mol. The van der Waals surface area contributed by atoms with Crippen LogP contribution in [0.5, 0.6) is 0 Å². The fourth-order valence-electron chi connectivity index (χ4n) is 4.05. The molecule has 142 valence electrons. The lowest BCUT2D eigenvalue weighted by Crippen LogP contribution is -2.35. The van der Waals surface area contributed by atoms with E-state index in [1.807, 2.05) is 24.4 Å². The van der Waals surface area contributed by atoms with Gasteiger partial charge < -0.3 is 0 Å². The van der Waals surface area contributed by atoms with Gasteiger partial charge in [0.15, 0.2) is 9.84 Å². The van der Waals surface area contributed by atoms with Crippen LogP contribution in [0.4, 0.5) is 0 Å². The Kier molecular flexibility index (Phi) is 5.02. The van der Waals surface area contributed by atoms with Crippen molar-refractivity contribution in [2.75, 3.05) is 19.3 Å². The first-order valence-electron chi connectivity index (χ1n) is 9.41. The summed E-state index contributed by atoms with van der Waals surface area (Å²) in [5.74, 6) is 0.626. The van der Waals surface area contributed by atoms with E-state index in [4.69, 9.17) is 0 Å². The van der Waals surface area contributed by atoms with Crippen LogP contribution in [0, 0.1) is 5.92 Å². The first kappa shape index (κ1) is 18.2. The van der Waals surface area contributed by atoms with Crippen LogP contribution >= 0.6 is 0 Å². The molecule has 1 atom stereocenters. The van der Waals surface area contributed by atoms with Crippen molar-refractivity contribution >= 4 is 20.7 Å². The Bertz CT molecular complexity index is 1040. The Morgan fingerprint density at radius 3 is 2.93 bits per heavy atom. The van der Waals surface area contributed by atoms with Gasteiger partial charge in [-0.1, -0.05) is 18.2 Å². The molecule has 0 amide bonds. The number of aromatic amines is 1. The maximum Gasteiger partial charge on any atom is 0.175 e. The summed E-state index contributed by atoms with van der Waals surface area (Å²) in [7, 11) is -3.16. The summed E-state index contributed by atoms with van der Waals surface area (Å²) in [6.45, 7) is 2.92. The molecule has 27 heavy (non-hydrogen) atoms. The molecule has 0 spiro atoms. The van der Waals surface area contributed by atoms with E-state index >= 15 is 0 Å². The number of piperidine rings is 1. The van der Waals surface area contributed by atoms with Crippen molar-refractivity contribution in [3.63, 3.8) is 0 Å². The van der Waals surface area contributed by atoms with Gasteiger partial charge in [-0.2, -0.15) is 5.10 Å². The summed E-state index contributed by atoms with van der Waals surface area (Å²) in [6.07, 6.45) is 6.63. The van der Waals surface area contributed by atoms with E-state index in [9.17, 15) is 8.42 Å². The van der Waals surface area contributed by atoms with Gasteiger partial charge in [0.05, 0.1) is 16.6 Å². The first-order valence-corrected chi connectivity index (χ1v) is 11.3. The van der Waals surface area contributed by atoms with Crippen LogP contribution < -0.4 is 0 Å². The van der Waals surface area contributed by atoms with Gasteiger partial charge in [-0.25, -0.2) is 8.42 Å². The number of aromatic nitrogens is 2. The SMILES string of the molecule is CS(=O)(=O)c1cccc(CN2CCCC(Cc3ccc4[nH]ncc4c3)C2)c1. The van der Waals surface area contributed by atoms with E-state index < -0.39 is 9.84 Å². The summed E-state index contributed by atoms with van der Waals surface area (Å²) in [5, 5.41) is 8.26. The van der Waals surface area contributed by atoms with E-state index in [2.05, 4.69) is 33.3 Å². The Morgan fingerprint density at radius 1 is 1.19 bits per heavy atom. The molecule has 1 fully saturated rings. The smallest absolute Gasteiger partial charge is 0.175 e. The van der Waals surface area contributed by atoms with Crippen LogP contribution in [-0.4, -0.2) is 42.9 Å². The van der Waals surface area contributed by atoms with Crippen LogP contribution in [0.3, 0.4) is 0 Å². The minimum Gasteiger partial charge on any atom is -0.299 e. The normalized spacial score (nSPS) is 18.8. The number of hydrogen-bond donors (Lipinski definition) is 1. The third-order valence-electron chi connectivity index (χ3n) is 5.36. The molecular formula is C21H25N3O2S. The number of benzene rings is 2. The summed E-state index contributed by atoms with van der Waals surface area (Å²) >= 11 is 0. The molecule has 0 aliphatic carbocycles. The number of likely N-dealkylation sites (tertiary alicyclic amines) is 1. The van der Waals surface area contributed by atoms with Gasteiger partial charge in [-0.15, -0.1) is 0 Å². The van der Waals surface area contributed by atoms with Gasteiger partial charge in [-0.3, -0.25) is 10.00 Å². The summed E-state index contributed by atoms with van der Waals surface area (Å²) < 4.78 is 23.6. The van der Waals surface area contributed by atoms with Crippen LogP contribution in [0.15, 0.2) is 53.6 Å². The number of H-pyrrole nitrogens is 1. The van der Waals surface area contributed by atoms with Crippen molar-refractivity contribution in [3.8, 4) is 0 Å². The van der Waals surface area contributed by atoms with Gasteiger partial charge in [0.1, 0.15) is 0 Å². The fourth-order valence-corrected chi connectivity index (χ4v) is 4.74. The molecular weight excluding hydrogens is 358 g/mol. The van der Waals surface area contributed by atoms with E-state index in [1.54, 1.807) is 6.07 Å². The van der Waals surface area contributed by atoms with Crippen molar-refractivity contribution in [1.82, 2.24) is 15.1 Å². The summed E-state index contributed by atoms with van der Waals surface area (Å²) in [4.78, 5) is 2.85. The molecule has 2 heterocycles. The highest BCUT2D eigenvalue weighted by Gasteiger charge is 2.21. The highest BCUT2D eigenvalue weighted by atomic mass is 32.2. The molecule has 1 saturated heterocycles. The highest BCUT2D eigenvalue weighted by molar-refractivity contribution is 7.90. The molecule has 1 aliphatic rings. The molecule has 1 N–H and O–H groups in total. The van der Waals surface area contributed by atoms with E-state index in [1.165, 1.54) is 24.7 Å². The Morgan fingerprint density at radius 2 is 2.07 bits per heavy atom. The van der Waals surface area contributed by atoms with Gasteiger partial charge in [-0.05, 0) is 67.1 Å². The average Bonchev–Trinajstić information content (AvgIpc) is 3.09. The topological polar surface area (TPSA) is 66.1 Å². The summed E-state index contributed by atoms with van der Waals surface area (Å²) in [6, 6.07) is 13.9. The largest absolute Gasteiger partial charge is 0.299 e. The number of nitrogens with zero attached hydrogens (tertiary/aromatic N) is 2. The lowest BCUT2D eigenvalue weighted by atomic mass is 9.90.